The summed E-state index contributed by atoms with van der Waals surface area (Å²) in [7, 11) is 0. The van der Waals surface area contributed by atoms with E-state index in [1.54, 1.807) is 0 Å². The highest BCUT2D eigenvalue weighted by atomic mass is 16.3. The van der Waals surface area contributed by atoms with Crippen molar-refractivity contribution in [2.45, 2.75) is 0 Å². The van der Waals surface area contributed by atoms with Gasteiger partial charge in [-0.25, -0.2) is 9.97 Å². The molecule has 0 spiro atoms. The molecule has 10 rings (SSSR count). The third-order valence-corrected chi connectivity index (χ3v) is 9.65. The van der Waals surface area contributed by atoms with Crippen LogP contribution < -0.4 is 0 Å². The minimum atomic E-state index is 0.707. The maximum Gasteiger partial charge on any atom is 0.160 e. The summed E-state index contributed by atoms with van der Waals surface area (Å²) in [5, 5.41) is 7.70. The lowest BCUT2D eigenvalue weighted by Gasteiger charge is -2.13. The van der Waals surface area contributed by atoms with E-state index in [-0.39, 0.29) is 0 Å². The van der Waals surface area contributed by atoms with Crippen LogP contribution in [0.5, 0.6) is 0 Å². The van der Waals surface area contributed by atoms with Gasteiger partial charge in [-0.3, -0.25) is 0 Å². The Morgan fingerprint density at radius 2 is 1.10 bits per heavy atom. The maximum atomic E-state index is 6.72. The molecule has 10 aromatic rings. The quantitative estimate of drug-likeness (QED) is 0.196. The summed E-state index contributed by atoms with van der Waals surface area (Å²) in [4.78, 5) is 10.4. The molecule has 2 aromatic heterocycles. The standard InChI is InChI=1S/C46H28N2O/c1-2-12-29(13-3-1)32-16-10-17-33(26-32)35-21-11-23-42-43(35)40-28-39(36-18-6-7-19-37(36)45(40)49-42)44-38-20-8-9-22-41(38)47-46(48-44)34-25-24-30-14-4-5-15-31(30)27-34/h1-28H. The van der Waals surface area contributed by atoms with E-state index < -0.39 is 0 Å². The van der Waals surface area contributed by atoms with Crippen LogP contribution in [0.4, 0.5) is 0 Å². The van der Waals surface area contributed by atoms with Gasteiger partial charge in [0.2, 0.25) is 0 Å². The van der Waals surface area contributed by atoms with E-state index in [1.807, 2.05) is 6.07 Å². The summed E-state index contributed by atoms with van der Waals surface area (Å²) in [6.07, 6.45) is 0. The number of hydrogen-bond donors (Lipinski definition) is 0. The Hall–Kier alpha value is -6.58. The van der Waals surface area contributed by atoms with Gasteiger partial charge < -0.3 is 4.42 Å². The first-order valence-electron chi connectivity index (χ1n) is 16.6. The smallest absolute Gasteiger partial charge is 0.160 e. The van der Waals surface area contributed by atoms with E-state index in [2.05, 4.69) is 164 Å². The number of para-hydroxylation sites is 1. The van der Waals surface area contributed by atoms with Crippen LogP contribution in [0.2, 0.25) is 0 Å². The van der Waals surface area contributed by atoms with Gasteiger partial charge in [-0.05, 0) is 68.7 Å². The van der Waals surface area contributed by atoms with Crippen molar-refractivity contribution in [3.63, 3.8) is 0 Å². The van der Waals surface area contributed by atoms with Gasteiger partial charge in [0.15, 0.2) is 5.82 Å². The first kappa shape index (κ1) is 27.5. The predicted molar refractivity (Wildman–Crippen MR) is 204 cm³/mol. The van der Waals surface area contributed by atoms with Gasteiger partial charge in [-0.15, -0.1) is 0 Å². The van der Waals surface area contributed by atoms with Gasteiger partial charge in [-0.2, -0.15) is 0 Å². The molecular weight excluding hydrogens is 597 g/mol. The van der Waals surface area contributed by atoms with Crippen LogP contribution in [0.3, 0.4) is 0 Å². The highest BCUT2D eigenvalue weighted by Gasteiger charge is 2.20. The summed E-state index contributed by atoms with van der Waals surface area (Å²) in [5.41, 5.74) is 10.3. The molecular formula is C46H28N2O. The Morgan fingerprint density at radius 1 is 0.388 bits per heavy atom. The van der Waals surface area contributed by atoms with Gasteiger partial charge in [0.1, 0.15) is 11.2 Å². The highest BCUT2D eigenvalue weighted by Crippen LogP contribution is 2.44. The molecule has 0 amide bonds. The molecule has 0 atom stereocenters. The molecule has 0 saturated heterocycles. The van der Waals surface area contributed by atoms with Crippen LogP contribution in [-0.2, 0) is 0 Å². The van der Waals surface area contributed by atoms with Crippen molar-refractivity contribution in [3.8, 4) is 44.9 Å². The van der Waals surface area contributed by atoms with Crippen molar-refractivity contribution in [3.05, 3.63) is 170 Å². The molecule has 2 heterocycles. The van der Waals surface area contributed by atoms with Crippen LogP contribution in [0.15, 0.2) is 174 Å². The molecule has 3 heteroatoms. The zero-order chi connectivity index (χ0) is 32.3. The number of fused-ring (bicyclic) bond motifs is 7. The lowest BCUT2D eigenvalue weighted by atomic mass is 9.93. The Bertz CT molecular complexity index is 2890. The number of furan rings is 1. The number of benzene rings is 8. The van der Waals surface area contributed by atoms with Gasteiger partial charge >= 0.3 is 0 Å². The molecule has 3 nitrogen and oxygen atoms in total. The fourth-order valence-electron chi connectivity index (χ4n) is 7.32. The topological polar surface area (TPSA) is 38.9 Å². The summed E-state index contributed by atoms with van der Waals surface area (Å²) < 4.78 is 6.72. The van der Waals surface area contributed by atoms with Gasteiger partial charge in [-0.1, -0.05) is 140 Å². The fraction of sp³-hybridized carbons (Fsp3) is 0. The van der Waals surface area contributed by atoms with E-state index >= 15 is 0 Å². The van der Waals surface area contributed by atoms with Crippen molar-refractivity contribution in [1.29, 1.82) is 0 Å². The lowest BCUT2D eigenvalue weighted by Crippen LogP contribution is -1.96. The molecule has 0 aliphatic heterocycles. The molecule has 0 aliphatic rings. The van der Waals surface area contributed by atoms with Crippen LogP contribution in [0.1, 0.15) is 0 Å². The summed E-state index contributed by atoms with van der Waals surface area (Å²) in [6.45, 7) is 0. The third kappa shape index (κ3) is 4.51. The van der Waals surface area contributed by atoms with Crippen LogP contribution in [0, 0.1) is 0 Å². The molecule has 0 saturated carbocycles. The predicted octanol–water partition coefficient (Wildman–Crippen LogP) is 12.5. The monoisotopic (exact) mass is 624 g/mol. The normalized spacial score (nSPS) is 11.7. The van der Waals surface area contributed by atoms with Crippen molar-refractivity contribution >= 4 is 54.4 Å². The second kappa shape index (κ2) is 11.0. The fourth-order valence-corrected chi connectivity index (χ4v) is 7.32. The van der Waals surface area contributed by atoms with Crippen LogP contribution in [-0.4, -0.2) is 9.97 Å². The SMILES string of the molecule is c1ccc(-c2cccc(-c3cccc4oc5c6ccccc6c(-c6nc(-c7ccc8ccccc8c7)nc7ccccc67)cc5c34)c2)cc1. The molecule has 0 fully saturated rings. The van der Waals surface area contributed by atoms with E-state index in [0.717, 1.165) is 71.6 Å². The first-order valence-corrected chi connectivity index (χ1v) is 16.6. The average Bonchev–Trinajstić information content (AvgIpc) is 3.56. The van der Waals surface area contributed by atoms with Crippen LogP contribution in [0.25, 0.3) is 99.3 Å². The van der Waals surface area contributed by atoms with E-state index in [9.17, 15) is 0 Å². The Kier molecular flexibility index (Phi) is 6.18. The first-order chi connectivity index (χ1) is 24.3. The number of hydrogen-bond acceptors (Lipinski definition) is 3. The Balaban J connectivity index is 1.25. The second-order valence-corrected chi connectivity index (χ2v) is 12.5. The third-order valence-electron chi connectivity index (χ3n) is 9.65. The minimum absolute atomic E-state index is 0.707. The summed E-state index contributed by atoms with van der Waals surface area (Å²) >= 11 is 0. The molecule has 8 aromatic carbocycles. The largest absolute Gasteiger partial charge is 0.455 e. The van der Waals surface area contributed by atoms with Gasteiger partial charge in [0.05, 0.1) is 11.2 Å². The molecule has 49 heavy (non-hydrogen) atoms. The van der Waals surface area contributed by atoms with Gasteiger partial charge in [0, 0.05) is 32.7 Å². The molecule has 0 radical (unpaired) electrons. The average molecular weight is 625 g/mol. The number of rotatable bonds is 4. The van der Waals surface area contributed by atoms with E-state index in [4.69, 9.17) is 14.4 Å². The molecule has 0 unspecified atom stereocenters. The van der Waals surface area contributed by atoms with E-state index in [1.165, 1.54) is 21.9 Å². The van der Waals surface area contributed by atoms with Crippen molar-refractivity contribution in [2.75, 3.05) is 0 Å². The summed E-state index contributed by atoms with van der Waals surface area (Å²) in [5.74, 6) is 0.707. The molecule has 0 aliphatic carbocycles. The van der Waals surface area contributed by atoms with Crippen LogP contribution >= 0.6 is 0 Å². The van der Waals surface area contributed by atoms with Crippen molar-refractivity contribution in [2.24, 2.45) is 0 Å². The second-order valence-electron chi connectivity index (χ2n) is 12.5. The molecule has 228 valence electrons. The lowest BCUT2D eigenvalue weighted by molar-refractivity contribution is 0.673. The zero-order valence-electron chi connectivity index (χ0n) is 26.5. The van der Waals surface area contributed by atoms with Gasteiger partial charge in [0.25, 0.3) is 0 Å². The maximum absolute atomic E-state index is 6.72. The van der Waals surface area contributed by atoms with Crippen molar-refractivity contribution in [1.82, 2.24) is 9.97 Å². The number of nitrogens with zero attached hydrogens (tertiary/aromatic N) is 2. The van der Waals surface area contributed by atoms with E-state index in [0.29, 0.717) is 5.82 Å². The minimum Gasteiger partial charge on any atom is -0.455 e. The highest BCUT2D eigenvalue weighted by molar-refractivity contribution is 6.23. The molecule has 0 N–H and O–H groups in total. The molecule has 0 bridgehead atoms. The Labute approximate surface area is 282 Å². The summed E-state index contributed by atoms with van der Waals surface area (Å²) in [6, 6.07) is 59.7. The van der Waals surface area contributed by atoms with Crippen molar-refractivity contribution < 1.29 is 4.42 Å². The number of aromatic nitrogens is 2. The zero-order valence-corrected chi connectivity index (χ0v) is 26.5. The Morgan fingerprint density at radius 3 is 2.00 bits per heavy atom.